The van der Waals surface area contributed by atoms with E-state index < -0.39 is 0 Å². The summed E-state index contributed by atoms with van der Waals surface area (Å²) in [5.74, 6) is 0.840. The Morgan fingerprint density at radius 1 is 1.20 bits per heavy atom. The maximum Gasteiger partial charge on any atom is 0.121 e. The van der Waals surface area contributed by atoms with Crippen molar-refractivity contribution in [1.29, 1.82) is 5.26 Å². The number of hydrogen-bond donors (Lipinski definition) is 0. The van der Waals surface area contributed by atoms with Crippen LogP contribution in [0.25, 0.3) is 11.6 Å². The third-order valence-corrected chi connectivity index (χ3v) is 3.26. The quantitative estimate of drug-likeness (QED) is 0.603. The topological polar surface area (TPSA) is 33.0 Å². The second-order valence-corrected chi connectivity index (χ2v) is 4.84. The Morgan fingerprint density at radius 2 is 1.90 bits per heavy atom. The molecule has 0 aliphatic heterocycles. The molecule has 0 aliphatic rings. The van der Waals surface area contributed by atoms with Crippen LogP contribution in [-0.2, 0) is 0 Å². The molecule has 0 amide bonds. The van der Waals surface area contributed by atoms with Gasteiger partial charge in [0.2, 0.25) is 0 Å². The van der Waals surface area contributed by atoms with E-state index >= 15 is 0 Å². The van der Waals surface area contributed by atoms with Gasteiger partial charge in [0.1, 0.15) is 5.75 Å². The first-order valence-corrected chi connectivity index (χ1v) is 6.54. The zero-order valence-corrected chi connectivity index (χ0v) is 12.1. The fourth-order valence-electron chi connectivity index (χ4n) is 1.97. The lowest BCUT2D eigenvalue weighted by Gasteiger charge is -2.05. The third-order valence-electron chi connectivity index (χ3n) is 3.01. The molecule has 2 aromatic rings. The number of halogens is 1. The molecule has 2 rings (SSSR count). The normalized spacial score (nSPS) is 11.0. The van der Waals surface area contributed by atoms with Crippen LogP contribution in [0.1, 0.15) is 16.7 Å². The molecule has 2 aromatic carbocycles. The van der Waals surface area contributed by atoms with Gasteiger partial charge < -0.3 is 4.74 Å². The van der Waals surface area contributed by atoms with E-state index in [9.17, 15) is 5.26 Å². The van der Waals surface area contributed by atoms with Gasteiger partial charge >= 0.3 is 0 Å². The highest BCUT2D eigenvalue weighted by atomic mass is 35.5. The van der Waals surface area contributed by atoms with Crippen LogP contribution < -0.4 is 4.74 Å². The van der Waals surface area contributed by atoms with Crippen LogP contribution >= 0.6 is 11.6 Å². The van der Waals surface area contributed by atoms with Crippen LogP contribution in [0.3, 0.4) is 0 Å². The molecule has 0 bridgehead atoms. The molecule has 0 heterocycles. The largest absolute Gasteiger partial charge is 0.496 e. The van der Waals surface area contributed by atoms with E-state index in [1.807, 2.05) is 43.3 Å². The molecular formula is C17H14ClNO. The summed E-state index contributed by atoms with van der Waals surface area (Å²) in [5, 5.41) is 9.96. The molecule has 0 fully saturated rings. The van der Waals surface area contributed by atoms with E-state index in [1.54, 1.807) is 19.2 Å². The van der Waals surface area contributed by atoms with Gasteiger partial charge in [0.25, 0.3) is 0 Å². The summed E-state index contributed by atoms with van der Waals surface area (Å²) in [7, 11) is 1.65. The molecule has 20 heavy (non-hydrogen) atoms. The molecule has 3 heteroatoms. The van der Waals surface area contributed by atoms with Crippen molar-refractivity contribution in [2.45, 2.75) is 6.92 Å². The van der Waals surface area contributed by atoms with Crippen LogP contribution in [0.15, 0.2) is 42.5 Å². The Morgan fingerprint density at radius 3 is 2.45 bits per heavy atom. The Balaban J connectivity index is 2.39. The smallest absolute Gasteiger partial charge is 0.121 e. The van der Waals surface area contributed by atoms with E-state index in [0.29, 0.717) is 10.6 Å². The molecule has 0 spiro atoms. The van der Waals surface area contributed by atoms with Crippen molar-refractivity contribution in [2.75, 3.05) is 7.11 Å². The summed E-state index contributed by atoms with van der Waals surface area (Å²) >= 11 is 5.86. The van der Waals surface area contributed by atoms with Gasteiger partial charge in [-0.1, -0.05) is 29.8 Å². The van der Waals surface area contributed by atoms with E-state index in [4.69, 9.17) is 16.3 Å². The van der Waals surface area contributed by atoms with Crippen molar-refractivity contribution in [3.05, 3.63) is 64.2 Å². The Hall–Kier alpha value is -2.24. The lowest BCUT2D eigenvalue weighted by molar-refractivity contribution is 0.411. The molecule has 0 N–H and O–H groups in total. The summed E-state index contributed by atoms with van der Waals surface area (Å²) in [5.41, 5.74) is 3.46. The van der Waals surface area contributed by atoms with Gasteiger partial charge in [-0.05, 0) is 54.0 Å². The van der Waals surface area contributed by atoms with E-state index in [1.165, 1.54) is 0 Å². The summed E-state index contributed by atoms with van der Waals surface area (Å²) in [6, 6.07) is 15.3. The average Bonchev–Trinajstić information content (AvgIpc) is 2.46. The van der Waals surface area contributed by atoms with E-state index in [0.717, 1.165) is 22.4 Å². The maximum atomic E-state index is 9.30. The van der Waals surface area contributed by atoms with Crippen molar-refractivity contribution in [3.8, 4) is 11.8 Å². The predicted octanol–water partition coefficient (Wildman–Crippen LogP) is 4.72. The molecule has 0 unspecified atom stereocenters. The lowest BCUT2D eigenvalue weighted by Crippen LogP contribution is -1.88. The molecule has 0 atom stereocenters. The predicted molar refractivity (Wildman–Crippen MR) is 82.7 cm³/mol. The molecule has 2 nitrogen and oxygen atoms in total. The number of ether oxygens (including phenoxy) is 1. The van der Waals surface area contributed by atoms with E-state index in [2.05, 4.69) is 6.07 Å². The second kappa shape index (κ2) is 6.27. The average molecular weight is 284 g/mol. The number of aryl methyl sites for hydroxylation is 1. The maximum absolute atomic E-state index is 9.30. The van der Waals surface area contributed by atoms with Crippen LogP contribution in [0.4, 0.5) is 0 Å². The monoisotopic (exact) mass is 283 g/mol. The van der Waals surface area contributed by atoms with Gasteiger partial charge in [0.15, 0.2) is 0 Å². The van der Waals surface area contributed by atoms with E-state index in [-0.39, 0.29) is 0 Å². The molecular weight excluding hydrogens is 270 g/mol. The lowest BCUT2D eigenvalue weighted by atomic mass is 10.0. The van der Waals surface area contributed by atoms with Crippen LogP contribution in [-0.4, -0.2) is 7.11 Å². The minimum Gasteiger partial charge on any atom is -0.496 e. The number of rotatable bonds is 3. The molecule has 0 aromatic heterocycles. The third kappa shape index (κ3) is 3.20. The SMILES string of the molecule is COc1ccc(C=C(C#N)c2ccc(Cl)cc2)cc1C. The van der Waals surface area contributed by atoms with Gasteiger partial charge in [0.05, 0.1) is 18.8 Å². The first kappa shape index (κ1) is 14.2. The number of allylic oxidation sites excluding steroid dienone is 1. The number of nitrogens with zero attached hydrogens (tertiary/aromatic N) is 1. The number of nitriles is 1. The minimum atomic E-state index is 0.603. The zero-order valence-electron chi connectivity index (χ0n) is 11.4. The first-order valence-electron chi connectivity index (χ1n) is 6.16. The first-order chi connectivity index (χ1) is 9.63. The fourth-order valence-corrected chi connectivity index (χ4v) is 2.09. The Bertz CT molecular complexity index is 681. The van der Waals surface area contributed by atoms with Crippen molar-refractivity contribution in [1.82, 2.24) is 0 Å². The Kier molecular flexibility index (Phi) is 4.45. The molecule has 0 saturated heterocycles. The molecule has 0 aliphatic carbocycles. The van der Waals surface area contributed by atoms with Gasteiger partial charge in [-0.15, -0.1) is 0 Å². The molecule has 0 saturated carbocycles. The van der Waals surface area contributed by atoms with Crippen molar-refractivity contribution < 1.29 is 4.74 Å². The van der Waals surface area contributed by atoms with Crippen molar-refractivity contribution in [2.24, 2.45) is 0 Å². The molecule has 100 valence electrons. The van der Waals surface area contributed by atoms with Gasteiger partial charge in [0, 0.05) is 5.02 Å². The standard InChI is InChI=1S/C17H14ClNO/c1-12-9-13(3-8-17(12)20-2)10-15(11-19)14-4-6-16(18)7-5-14/h3-10H,1-2H3. The van der Waals surface area contributed by atoms with Gasteiger partial charge in [-0.2, -0.15) is 5.26 Å². The van der Waals surface area contributed by atoms with Crippen LogP contribution in [0.5, 0.6) is 5.75 Å². The van der Waals surface area contributed by atoms with Crippen LogP contribution in [0, 0.1) is 18.3 Å². The summed E-state index contributed by atoms with van der Waals surface area (Å²) in [6.07, 6.45) is 1.86. The Labute approximate surface area is 123 Å². The van der Waals surface area contributed by atoms with Crippen LogP contribution in [0.2, 0.25) is 5.02 Å². The van der Waals surface area contributed by atoms with Crippen molar-refractivity contribution >= 4 is 23.3 Å². The zero-order chi connectivity index (χ0) is 14.5. The number of benzene rings is 2. The minimum absolute atomic E-state index is 0.603. The highest BCUT2D eigenvalue weighted by Crippen LogP contribution is 2.23. The fraction of sp³-hybridized carbons (Fsp3) is 0.118. The molecule has 0 radical (unpaired) electrons. The van der Waals surface area contributed by atoms with Crippen molar-refractivity contribution in [3.63, 3.8) is 0 Å². The second-order valence-electron chi connectivity index (χ2n) is 4.41. The van der Waals surface area contributed by atoms with Gasteiger partial charge in [-0.25, -0.2) is 0 Å². The summed E-state index contributed by atoms with van der Waals surface area (Å²) < 4.78 is 5.23. The summed E-state index contributed by atoms with van der Waals surface area (Å²) in [6.45, 7) is 1.98. The highest BCUT2D eigenvalue weighted by Gasteiger charge is 2.03. The van der Waals surface area contributed by atoms with Gasteiger partial charge in [-0.3, -0.25) is 0 Å². The highest BCUT2D eigenvalue weighted by molar-refractivity contribution is 6.30. The summed E-state index contributed by atoms with van der Waals surface area (Å²) in [4.78, 5) is 0. The number of hydrogen-bond acceptors (Lipinski definition) is 2. The number of methoxy groups -OCH3 is 1.